The number of hydrogen-bond acceptors (Lipinski definition) is 3. The number of rotatable bonds is 6. The van der Waals surface area contributed by atoms with E-state index in [0.29, 0.717) is 13.0 Å². The maximum Gasteiger partial charge on any atom is 0.150 e. The van der Waals surface area contributed by atoms with Crippen molar-refractivity contribution in [1.29, 1.82) is 0 Å². The van der Waals surface area contributed by atoms with Gasteiger partial charge in [0.05, 0.1) is 11.3 Å². The van der Waals surface area contributed by atoms with Crippen molar-refractivity contribution < 1.29 is 9.84 Å². The third-order valence-corrected chi connectivity index (χ3v) is 2.91. The van der Waals surface area contributed by atoms with Crippen LogP contribution in [0, 0.1) is 0 Å². The van der Waals surface area contributed by atoms with Crippen molar-refractivity contribution in [2.24, 2.45) is 0 Å². The molecular weight excluding hydrogens is 250 g/mol. The molecule has 0 atom stereocenters. The van der Waals surface area contributed by atoms with Crippen molar-refractivity contribution in [3.63, 3.8) is 0 Å². The molecule has 0 unspecified atom stereocenters. The van der Waals surface area contributed by atoms with Crippen LogP contribution in [0.5, 0.6) is 11.5 Å². The summed E-state index contributed by atoms with van der Waals surface area (Å²) in [5.41, 5.74) is 0.267. The highest BCUT2D eigenvalue weighted by molar-refractivity contribution is 5.57. The van der Waals surface area contributed by atoms with Crippen LogP contribution in [-0.4, -0.2) is 17.3 Å². The van der Waals surface area contributed by atoms with E-state index in [1.807, 2.05) is 54.6 Å². The molecule has 2 aromatic rings. The quantitative estimate of drug-likeness (QED) is 0.832. The van der Waals surface area contributed by atoms with Crippen molar-refractivity contribution in [3.8, 4) is 11.5 Å². The van der Waals surface area contributed by atoms with Gasteiger partial charge in [0, 0.05) is 6.54 Å². The van der Waals surface area contributed by atoms with Crippen LogP contribution in [0.15, 0.2) is 54.6 Å². The van der Waals surface area contributed by atoms with Crippen LogP contribution < -0.4 is 10.1 Å². The molecule has 106 valence electrons. The first-order chi connectivity index (χ1) is 9.54. The summed E-state index contributed by atoms with van der Waals surface area (Å²) in [5, 5.41) is 13.0. The summed E-state index contributed by atoms with van der Waals surface area (Å²) in [6.07, 6.45) is 0.673. The molecule has 3 nitrogen and oxygen atoms in total. The maximum absolute atomic E-state index is 9.73. The Bertz CT molecular complexity index is 532. The van der Waals surface area contributed by atoms with Gasteiger partial charge < -0.3 is 15.2 Å². The Hall–Kier alpha value is -2.00. The second-order valence-corrected chi connectivity index (χ2v) is 5.40. The van der Waals surface area contributed by atoms with E-state index >= 15 is 0 Å². The molecular formula is C17H21NO2. The monoisotopic (exact) mass is 271 g/mol. The van der Waals surface area contributed by atoms with Gasteiger partial charge in [-0.1, -0.05) is 30.3 Å². The summed E-state index contributed by atoms with van der Waals surface area (Å²) in [4.78, 5) is 0. The Labute approximate surface area is 120 Å². The summed E-state index contributed by atoms with van der Waals surface area (Å²) in [6.45, 7) is 4.31. The molecule has 2 aromatic carbocycles. The second kappa shape index (κ2) is 6.44. The van der Waals surface area contributed by atoms with Gasteiger partial charge in [0.25, 0.3) is 0 Å². The standard InChI is InChI=1S/C17H21NO2/c1-17(2,19)12-13-18-15-10-6-7-11-16(15)20-14-8-4-3-5-9-14/h3-11,18-19H,12-13H2,1-2H3. The molecule has 0 aliphatic rings. The van der Waals surface area contributed by atoms with Gasteiger partial charge in [0.15, 0.2) is 5.75 Å². The van der Waals surface area contributed by atoms with E-state index in [0.717, 1.165) is 17.2 Å². The summed E-state index contributed by atoms with van der Waals surface area (Å²) in [6, 6.07) is 17.5. The summed E-state index contributed by atoms with van der Waals surface area (Å²) >= 11 is 0. The van der Waals surface area contributed by atoms with Crippen LogP contribution in [0.1, 0.15) is 20.3 Å². The van der Waals surface area contributed by atoms with E-state index in [1.54, 1.807) is 13.8 Å². The molecule has 2 N–H and O–H groups in total. The van der Waals surface area contributed by atoms with Gasteiger partial charge in [0.2, 0.25) is 0 Å². The van der Waals surface area contributed by atoms with Crippen molar-refractivity contribution >= 4 is 5.69 Å². The molecule has 0 amide bonds. The van der Waals surface area contributed by atoms with Gasteiger partial charge in [-0.25, -0.2) is 0 Å². The molecule has 3 heteroatoms. The van der Waals surface area contributed by atoms with E-state index in [1.165, 1.54) is 0 Å². The summed E-state index contributed by atoms with van der Waals surface area (Å²) < 4.78 is 5.87. The predicted octanol–water partition coefficient (Wildman–Crippen LogP) is 4.05. The highest BCUT2D eigenvalue weighted by Gasteiger charge is 2.12. The predicted molar refractivity (Wildman–Crippen MR) is 82.4 cm³/mol. The van der Waals surface area contributed by atoms with Crippen molar-refractivity contribution in [2.45, 2.75) is 25.9 Å². The molecule has 0 radical (unpaired) electrons. The first-order valence-electron chi connectivity index (χ1n) is 6.83. The van der Waals surface area contributed by atoms with Gasteiger partial charge in [-0.05, 0) is 44.5 Å². The number of para-hydroxylation sites is 3. The van der Waals surface area contributed by atoms with Crippen molar-refractivity contribution in [3.05, 3.63) is 54.6 Å². The number of anilines is 1. The number of nitrogens with one attached hydrogen (secondary N) is 1. The molecule has 0 bridgehead atoms. The lowest BCUT2D eigenvalue weighted by molar-refractivity contribution is 0.0748. The zero-order chi connectivity index (χ0) is 14.4. The Morgan fingerprint density at radius 1 is 1.00 bits per heavy atom. The second-order valence-electron chi connectivity index (χ2n) is 5.40. The van der Waals surface area contributed by atoms with Crippen LogP contribution in [0.4, 0.5) is 5.69 Å². The maximum atomic E-state index is 9.73. The van der Waals surface area contributed by atoms with Crippen LogP contribution in [0.25, 0.3) is 0 Å². The largest absolute Gasteiger partial charge is 0.455 e. The normalized spacial score (nSPS) is 11.2. The highest BCUT2D eigenvalue weighted by Crippen LogP contribution is 2.29. The van der Waals surface area contributed by atoms with Gasteiger partial charge in [-0.2, -0.15) is 0 Å². The molecule has 0 saturated heterocycles. The van der Waals surface area contributed by atoms with Crippen LogP contribution in [0.2, 0.25) is 0 Å². The smallest absolute Gasteiger partial charge is 0.150 e. The molecule has 0 aromatic heterocycles. The zero-order valence-electron chi connectivity index (χ0n) is 12.0. The number of aliphatic hydroxyl groups is 1. The van der Waals surface area contributed by atoms with E-state index in [9.17, 15) is 5.11 Å². The lowest BCUT2D eigenvalue weighted by Crippen LogP contribution is -2.22. The average Bonchev–Trinajstić information content (AvgIpc) is 2.40. The third kappa shape index (κ3) is 4.59. The first-order valence-corrected chi connectivity index (χ1v) is 6.83. The zero-order valence-corrected chi connectivity index (χ0v) is 12.0. The van der Waals surface area contributed by atoms with E-state index in [-0.39, 0.29) is 0 Å². The molecule has 0 aliphatic heterocycles. The van der Waals surface area contributed by atoms with Crippen molar-refractivity contribution in [2.75, 3.05) is 11.9 Å². The average molecular weight is 271 g/mol. The minimum absolute atomic E-state index is 0.664. The highest BCUT2D eigenvalue weighted by atomic mass is 16.5. The van der Waals surface area contributed by atoms with E-state index < -0.39 is 5.60 Å². The van der Waals surface area contributed by atoms with Gasteiger partial charge in [0.1, 0.15) is 5.75 Å². The summed E-state index contributed by atoms with van der Waals surface area (Å²) in [5.74, 6) is 1.60. The first kappa shape index (κ1) is 14.4. The number of benzene rings is 2. The fourth-order valence-corrected chi connectivity index (χ4v) is 1.82. The molecule has 2 rings (SSSR count). The lowest BCUT2D eigenvalue weighted by atomic mass is 10.1. The fourth-order valence-electron chi connectivity index (χ4n) is 1.82. The Morgan fingerprint density at radius 2 is 1.65 bits per heavy atom. The minimum Gasteiger partial charge on any atom is -0.455 e. The molecule has 0 heterocycles. The van der Waals surface area contributed by atoms with E-state index in [4.69, 9.17) is 4.74 Å². The van der Waals surface area contributed by atoms with E-state index in [2.05, 4.69) is 5.32 Å². The van der Waals surface area contributed by atoms with Gasteiger partial charge in [-0.3, -0.25) is 0 Å². The Balaban J connectivity index is 2.03. The number of hydrogen-bond donors (Lipinski definition) is 2. The molecule has 0 fully saturated rings. The van der Waals surface area contributed by atoms with Crippen molar-refractivity contribution in [1.82, 2.24) is 0 Å². The molecule has 0 aliphatic carbocycles. The molecule has 0 spiro atoms. The third-order valence-electron chi connectivity index (χ3n) is 2.91. The molecule has 20 heavy (non-hydrogen) atoms. The molecule has 0 saturated carbocycles. The Morgan fingerprint density at radius 3 is 2.35 bits per heavy atom. The fraction of sp³-hybridized carbons (Fsp3) is 0.294. The van der Waals surface area contributed by atoms with Crippen LogP contribution in [0.3, 0.4) is 0 Å². The Kier molecular flexibility index (Phi) is 4.64. The summed E-state index contributed by atoms with van der Waals surface area (Å²) in [7, 11) is 0. The number of ether oxygens (including phenoxy) is 1. The van der Waals surface area contributed by atoms with Crippen LogP contribution >= 0.6 is 0 Å². The topological polar surface area (TPSA) is 41.5 Å². The van der Waals surface area contributed by atoms with Gasteiger partial charge in [-0.15, -0.1) is 0 Å². The minimum atomic E-state index is -0.664. The van der Waals surface area contributed by atoms with Gasteiger partial charge >= 0.3 is 0 Å². The lowest BCUT2D eigenvalue weighted by Gasteiger charge is -2.18. The van der Waals surface area contributed by atoms with Crippen LogP contribution in [-0.2, 0) is 0 Å². The SMILES string of the molecule is CC(C)(O)CCNc1ccccc1Oc1ccccc1.